The van der Waals surface area contributed by atoms with Crippen molar-refractivity contribution in [3.63, 3.8) is 0 Å². The Labute approximate surface area is 394 Å². The summed E-state index contributed by atoms with van der Waals surface area (Å²) in [6.45, 7) is 15.0. The number of rotatable bonds is 15. The van der Waals surface area contributed by atoms with Gasteiger partial charge in [0.05, 0.1) is 23.7 Å². The Morgan fingerprint density at radius 2 is 1.04 bits per heavy atom. The molecule has 0 unspecified atom stereocenters. The first-order valence-corrected chi connectivity index (χ1v) is 22.9. The Bertz CT molecular complexity index is 2560. The Balaban J connectivity index is 0.000000188. The molecule has 0 spiro atoms. The molecule has 0 radical (unpaired) electrons. The van der Waals surface area contributed by atoms with E-state index in [9.17, 15) is 19.5 Å². The highest BCUT2D eigenvalue weighted by molar-refractivity contribution is 5.94. The number of aryl methyl sites for hydroxylation is 1. The maximum Gasteiger partial charge on any atom is 0.272 e. The summed E-state index contributed by atoms with van der Waals surface area (Å²) in [4.78, 5) is 70.0. The van der Waals surface area contributed by atoms with E-state index >= 15 is 0 Å². The van der Waals surface area contributed by atoms with Gasteiger partial charge in [0, 0.05) is 70.1 Å². The van der Waals surface area contributed by atoms with Gasteiger partial charge in [-0.1, -0.05) is 79.7 Å². The maximum absolute atomic E-state index is 12.4. The van der Waals surface area contributed by atoms with E-state index in [-0.39, 0.29) is 23.9 Å². The van der Waals surface area contributed by atoms with Gasteiger partial charge in [0.25, 0.3) is 17.7 Å². The summed E-state index contributed by atoms with van der Waals surface area (Å²) in [5, 5.41) is 9.26. The lowest BCUT2D eigenvalue weighted by atomic mass is 10.1. The summed E-state index contributed by atoms with van der Waals surface area (Å²) >= 11 is 0. The number of carbonyl (C=O) groups is 3. The third kappa shape index (κ3) is 13.8. The van der Waals surface area contributed by atoms with Crippen LogP contribution in [0.15, 0.2) is 97.1 Å². The van der Waals surface area contributed by atoms with Crippen LogP contribution in [0.2, 0.25) is 0 Å². The van der Waals surface area contributed by atoms with Crippen LogP contribution in [0.3, 0.4) is 0 Å². The van der Waals surface area contributed by atoms with Gasteiger partial charge in [0.1, 0.15) is 17.1 Å². The van der Waals surface area contributed by atoms with Gasteiger partial charge in [-0.15, -0.1) is 0 Å². The monoisotopic (exact) mass is 909 g/mol. The van der Waals surface area contributed by atoms with Crippen molar-refractivity contribution in [1.29, 1.82) is 0 Å². The molecule has 7 rings (SSSR count). The minimum absolute atomic E-state index is 0.0511. The van der Waals surface area contributed by atoms with Crippen LogP contribution in [0.1, 0.15) is 96.5 Å². The van der Waals surface area contributed by atoms with Crippen LogP contribution >= 0.6 is 0 Å². The van der Waals surface area contributed by atoms with E-state index in [1.54, 1.807) is 37.2 Å². The molecule has 16 nitrogen and oxygen atoms in total. The molecule has 0 atom stereocenters. The molecule has 1 aliphatic heterocycles. The molecule has 67 heavy (non-hydrogen) atoms. The van der Waals surface area contributed by atoms with Crippen LogP contribution < -0.4 is 26.2 Å². The van der Waals surface area contributed by atoms with Crippen molar-refractivity contribution >= 4 is 35.6 Å². The Kier molecular flexibility index (Phi) is 18.8. The minimum Gasteiger partial charge on any atom is -0.392 e. The summed E-state index contributed by atoms with van der Waals surface area (Å²) in [7, 11) is 3.49. The minimum atomic E-state index is -0.588. The van der Waals surface area contributed by atoms with Crippen LogP contribution in [0.4, 0.5) is 17.8 Å². The van der Waals surface area contributed by atoms with Crippen molar-refractivity contribution in [2.75, 3.05) is 68.1 Å². The number of nitrogens with zero attached hydrogens (tertiary/aromatic N) is 10. The number of aliphatic hydroxyl groups is 1. The lowest BCUT2D eigenvalue weighted by molar-refractivity contribution is 0.0821. The number of carbonyl (C=O) groups excluding carboxylic acids is 3. The van der Waals surface area contributed by atoms with Crippen LogP contribution in [0.25, 0.3) is 33.8 Å². The van der Waals surface area contributed by atoms with Gasteiger partial charge in [0.2, 0.25) is 17.8 Å². The van der Waals surface area contributed by atoms with Crippen molar-refractivity contribution in [3.05, 3.63) is 125 Å². The molecule has 6 aromatic rings. The third-order valence-corrected chi connectivity index (χ3v) is 11.1. The number of primary amides is 2. The number of hydrogen-bond donors (Lipinski definition) is 3. The molecule has 1 saturated heterocycles. The predicted octanol–water partition coefficient (Wildman–Crippen LogP) is 7.07. The zero-order chi connectivity index (χ0) is 48.5. The van der Waals surface area contributed by atoms with Gasteiger partial charge in [0.15, 0.2) is 0 Å². The van der Waals surface area contributed by atoms with E-state index in [1.807, 2.05) is 104 Å². The quantitative estimate of drug-likeness (QED) is 0.0942. The van der Waals surface area contributed by atoms with E-state index in [0.717, 1.165) is 86.5 Å². The van der Waals surface area contributed by atoms with Crippen molar-refractivity contribution in [3.8, 4) is 33.8 Å². The van der Waals surface area contributed by atoms with Crippen molar-refractivity contribution in [1.82, 2.24) is 34.8 Å². The highest BCUT2D eigenvalue weighted by atomic mass is 16.3. The highest BCUT2D eigenvalue weighted by Gasteiger charge is 2.20. The first-order valence-electron chi connectivity index (χ1n) is 22.9. The molecule has 3 aromatic heterocycles. The van der Waals surface area contributed by atoms with Gasteiger partial charge < -0.3 is 36.2 Å². The molecule has 0 aliphatic carbocycles. The van der Waals surface area contributed by atoms with Crippen molar-refractivity contribution in [2.45, 2.75) is 66.9 Å². The second kappa shape index (κ2) is 24.8. The summed E-state index contributed by atoms with van der Waals surface area (Å²) < 4.78 is 0. The number of hydrogen-bond acceptors (Lipinski definition) is 13. The summed E-state index contributed by atoms with van der Waals surface area (Å²) in [5.74, 6) is 0.457. The Morgan fingerprint density at radius 3 is 1.54 bits per heavy atom. The van der Waals surface area contributed by atoms with Gasteiger partial charge in [-0.25, -0.2) is 29.9 Å². The van der Waals surface area contributed by atoms with E-state index < -0.39 is 11.8 Å². The van der Waals surface area contributed by atoms with Crippen molar-refractivity contribution in [2.24, 2.45) is 11.5 Å². The average Bonchev–Trinajstić information content (AvgIpc) is 3.37. The zero-order valence-electron chi connectivity index (χ0n) is 39.8. The normalized spacial score (nSPS) is 11.9. The smallest absolute Gasteiger partial charge is 0.272 e. The zero-order valence-corrected chi connectivity index (χ0v) is 39.8. The lowest BCUT2D eigenvalue weighted by Gasteiger charge is -2.27. The highest BCUT2D eigenvalue weighted by Crippen LogP contribution is 2.25. The average molecular weight is 909 g/mol. The predicted molar refractivity (Wildman–Crippen MR) is 266 cm³/mol. The van der Waals surface area contributed by atoms with E-state index in [0.29, 0.717) is 34.9 Å². The molecule has 3 amide bonds. The molecule has 352 valence electrons. The number of amides is 3. The second-order valence-corrected chi connectivity index (χ2v) is 15.9. The van der Waals surface area contributed by atoms with Gasteiger partial charge in [-0.05, 0) is 88.8 Å². The number of piperidine rings is 1. The molecule has 0 saturated carbocycles. The topological polar surface area (TPSA) is 214 Å². The third-order valence-electron chi connectivity index (χ3n) is 11.1. The molecular formula is C51H64N12O4. The molecule has 4 heterocycles. The number of anilines is 3. The molecule has 5 N–H and O–H groups in total. The molecule has 3 aromatic carbocycles. The van der Waals surface area contributed by atoms with Crippen LogP contribution in [-0.2, 0) is 13.0 Å². The Hall–Kier alpha value is -7.33. The fourth-order valence-electron chi connectivity index (χ4n) is 7.22. The molecule has 16 heteroatoms. The first kappa shape index (κ1) is 50.7. The molecule has 1 aliphatic rings. The van der Waals surface area contributed by atoms with Crippen molar-refractivity contribution < 1.29 is 19.5 Å². The first-order chi connectivity index (χ1) is 32.3. The Morgan fingerprint density at radius 1 is 0.552 bits per heavy atom. The van der Waals surface area contributed by atoms with E-state index in [4.69, 9.17) is 16.5 Å². The fraction of sp³-hybridized carbons (Fsp3) is 0.353. The molecular weight excluding hydrogens is 845 g/mol. The second-order valence-electron chi connectivity index (χ2n) is 15.9. The van der Waals surface area contributed by atoms with E-state index in [1.165, 1.54) is 12.0 Å². The number of nitrogens with two attached hydrogens (primary N) is 2. The lowest BCUT2D eigenvalue weighted by Crippen LogP contribution is -2.32. The standard InChI is InChI=1S/C18H22N4O.C17H22N4O.C16H20N4O2/c1-21(2)17(23)16-13-15(14-9-5-3-6-10-14)19-18(20-16)22-11-7-4-8-12-22;1-4-12-7-9-13(10-8-12)14-11-15(16(18)22)20-17(19-14)21(5-2)6-3;1-3-20(4-2)16-18-13(9-14(19-16)15(17)22)12-7-5-6-11(8-12)10-21/h3,5-6,9-10,13H,4,7-8,11-12H2,1-2H3;7-11H,4-6H2,1-3H3,(H2,18,22);5-9,21H,3-4,10H2,1-2H3,(H2,17,22). The number of benzene rings is 3. The van der Waals surface area contributed by atoms with Gasteiger partial charge in [-0.3, -0.25) is 14.4 Å². The van der Waals surface area contributed by atoms with E-state index in [2.05, 4.69) is 48.9 Å². The molecule has 0 bridgehead atoms. The number of aliphatic hydroxyl groups excluding tert-OH is 1. The number of aromatic nitrogens is 6. The van der Waals surface area contributed by atoms with Crippen LogP contribution in [0.5, 0.6) is 0 Å². The SMILES string of the molecule is CCN(CC)c1nc(C(N)=O)cc(-c2cccc(CO)c2)n1.CCc1ccc(-c2cc(C(N)=O)nc(N(CC)CC)n2)cc1.CN(C)C(=O)c1cc(-c2ccccc2)nc(N2CCCCC2)n1. The summed E-state index contributed by atoms with van der Waals surface area (Å²) in [6.07, 6.45) is 4.53. The van der Waals surface area contributed by atoms with Gasteiger partial charge in [-0.2, -0.15) is 0 Å². The van der Waals surface area contributed by atoms with Crippen LogP contribution in [0, 0.1) is 0 Å². The largest absolute Gasteiger partial charge is 0.392 e. The fourth-order valence-corrected chi connectivity index (χ4v) is 7.22. The summed E-state index contributed by atoms with van der Waals surface area (Å²) in [6, 6.07) is 30.5. The molecule has 1 fully saturated rings. The van der Waals surface area contributed by atoms with Gasteiger partial charge >= 0.3 is 0 Å². The maximum atomic E-state index is 12.4. The summed E-state index contributed by atoms with van der Waals surface area (Å²) in [5.41, 5.74) is 18.6. The van der Waals surface area contributed by atoms with Crippen LogP contribution in [-0.4, -0.2) is 111 Å².